The molecule has 8 heteroatoms. The van der Waals surface area contributed by atoms with Crippen molar-refractivity contribution < 1.29 is 14.7 Å². The highest BCUT2D eigenvalue weighted by molar-refractivity contribution is 9.11. The van der Waals surface area contributed by atoms with E-state index in [1.807, 2.05) is 0 Å². The Hall–Kier alpha value is -1.18. The van der Waals surface area contributed by atoms with Gasteiger partial charge >= 0.3 is 5.97 Å². The zero-order valence-corrected chi connectivity index (χ0v) is 11.2. The molecule has 0 fully saturated rings. The van der Waals surface area contributed by atoms with Crippen molar-refractivity contribution in [1.82, 2.24) is 9.97 Å². The summed E-state index contributed by atoms with van der Waals surface area (Å²) in [6.07, 6.45) is 1.17. The van der Waals surface area contributed by atoms with E-state index in [1.165, 1.54) is 12.4 Å². The van der Waals surface area contributed by atoms with Crippen LogP contribution < -0.4 is 0 Å². The lowest BCUT2D eigenvalue weighted by atomic mass is 10.2. The topological polar surface area (TPSA) is 83.0 Å². The molecule has 2 N–H and O–H groups in total. The molecule has 0 aliphatic heterocycles. The van der Waals surface area contributed by atoms with Crippen LogP contribution in [0.1, 0.15) is 25.9 Å². The molecule has 0 amide bonds. The van der Waals surface area contributed by atoms with E-state index in [4.69, 9.17) is 16.7 Å². The van der Waals surface area contributed by atoms with Gasteiger partial charge in [0.05, 0.1) is 20.0 Å². The number of rotatable bonds is 3. The summed E-state index contributed by atoms with van der Waals surface area (Å²) in [6, 6.07) is 1.47. The van der Waals surface area contributed by atoms with E-state index in [0.29, 0.717) is 13.7 Å². The molecule has 0 bridgehead atoms. The van der Waals surface area contributed by atoms with Crippen LogP contribution in [0.5, 0.6) is 0 Å². The van der Waals surface area contributed by atoms with Gasteiger partial charge in [0.15, 0.2) is 5.69 Å². The molecule has 0 aliphatic carbocycles. The van der Waals surface area contributed by atoms with Crippen molar-refractivity contribution >= 4 is 50.6 Å². The molecule has 0 spiro atoms. The van der Waals surface area contributed by atoms with Gasteiger partial charge in [0, 0.05) is 0 Å². The van der Waals surface area contributed by atoms with Crippen molar-refractivity contribution in [2.75, 3.05) is 0 Å². The minimum atomic E-state index is -1.23. The second-order valence-corrected chi connectivity index (χ2v) is 5.77. The number of carboxylic acids is 1. The van der Waals surface area contributed by atoms with Crippen molar-refractivity contribution in [3.8, 4) is 0 Å². The average Bonchev–Trinajstić information content (AvgIpc) is 2.85. The van der Waals surface area contributed by atoms with E-state index in [2.05, 4.69) is 25.9 Å². The van der Waals surface area contributed by atoms with Crippen LogP contribution in [0.4, 0.5) is 0 Å². The summed E-state index contributed by atoms with van der Waals surface area (Å²) in [5.41, 5.74) is -0.349. The van der Waals surface area contributed by atoms with Crippen molar-refractivity contribution in [3.05, 3.63) is 37.5 Å². The maximum atomic E-state index is 12.0. The zero-order valence-electron chi connectivity index (χ0n) is 8.03. The largest absolute Gasteiger partial charge is 0.477 e. The van der Waals surface area contributed by atoms with Crippen LogP contribution >= 0.6 is 38.9 Å². The lowest BCUT2D eigenvalue weighted by Gasteiger charge is -1.94. The number of aromatic nitrogens is 2. The van der Waals surface area contributed by atoms with E-state index in [0.717, 1.165) is 11.3 Å². The van der Waals surface area contributed by atoms with Gasteiger partial charge in [-0.1, -0.05) is 11.6 Å². The van der Waals surface area contributed by atoms with Gasteiger partial charge in [0.2, 0.25) is 5.78 Å². The quantitative estimate of drug-likeness (QED) is 0.845. The molecule has 0 saturated carbocycles. The molecule has 0 saturated heterocycles. The SMILES string of the molecule is O=C(c1cc(Cl)c(Br)s1)c1nc[nH]c1C(=O)O. The minimum absolute atomic E-state index is 0.122. The summed E-state index contributed by atoms with van der Waals surface area (Å²) in [5, 5.41) is 9.26. The minimum Gasteiger partial charge on any atom is -0.477 e. The third-order valence-corrected chi connectivity index (χ3v) is 4.41. The van der Waals surface area contributed by atoms with Crippen LogP contribution in [-0.2, 0) is 0 Å². The van der Waals surface area contributed by atoms with Gasteiger partial charge < -0.3 is 10.1 Å². The van der Waals surface area contributed by atoms with Crippen molar-refractivity contribution in [2.45, 2.75) is 0 Å². The predicted octanol–water partition coefficient (Wildman–Crippen LogP) is 2.82. The maximum Gasteiger partial charge on any atom is 0.354 e. The second kappa shape index (κ2) is 4.59. The van der Waals surface area contributed by atoms with E-state index in [1.54, 1.807) is 0 Å². The number of halogens is 2. The number of hydrogen-bond acceptors (Lipinski definition) is 4. The fourth-order valence-electron chi connectivity index (χ4n) is 1.20. The standard InChI is InChI=1S/C9H4BrClN2O3S/c10-8-3(11)1-4(17-8)7(14)5-6(9(15)16)13-2-12-5/h1-2H,(H,12,13)(H,15,16). The number of H-pyrrole nitrogens is 1. The first-order valence-electron chi connectivity index (χ1n) is 4.27. The number of ketones is 1. The Bertz CT molecular complexity index is 588. The zero-order chi connectivity index (χ0) is 12.6. The van der Waals surface area contributed by atoms with Gasteiger partial charge in [-0.25, -0.2) is 9.78 Å². The van der Waals surface area contributed by atoms with Gasteiger partial charge in [-0.05, 0) is 22.0 Å². The van der Waals surface area contributed by atoms with E-state index >= 15 is 0 Å². The first kappa shape index (κ1) is 12.3. The molecule has 0 aromatic carbocycles. The highest BCUT2D eigenvalue weighted by Crippen LogP contribution is 2.33. The fraction of sp³-hybridized carbons (Fsp3) is 0. The normalized spacial score (nSPS) is 10.5. The van der Waals surface area contributed by atoms with Crippen LogP contribution in [0, 0.1) is 0 Å². The van der Waals surface area contributed by atoms with E-state index < -0.39 is 11.8 Å². The Morgan fingerprint density at radius 1 is 1.53 bits per heavy atom. The summed E-state index contributed by atoms with van der Waals surface area (Å²) < 4.78 is 0.620. The molecule has 0 unspecified atom stereocenters. The van der Waals surface area contributed by atoms with Crippen LogP contribution in [0.2, 0.25) is 5.02 Å². The Morgan fingerprint density at radius 2 is 2.24 bits per heavy atom. The monoisotopic (exact) mass is 334 g/mol. The molecule has 0 atom stereocenters. The molecule has 0 radical (unpaired) electrons. The molecular weight excluding hydrogens is 332 g/mol. The number of thiophene rings is 1. The molecule has 88 valence electrons. The number of carbonyl (C=O) groups is 2. The Kier molecular flexibility index (Phi) is 3.32. The summed E-state index contributed by atoms with van der Waals surface area (Å²) >= 11 is 10.1. The molecule has 0 aliphatic rings. The Labute approximate surface area is 113 Å². The summed E-state index contributed by atoms with van der Waals surface area (Å²) in [4.78, 5) is 29.3. The molecule has 17 heavy (non-hydrogen) atoms. The third kappa shape index (κ3) is 2.26. The number of aromatic carboxylic acids is 1. The first-order valence-corrected chi connectivity index (χ1v) is 6.25. The van der Waals surface area contributed by atoms with Crippen molar-refractivity contribution in [3.63, 3.8) is 0 Å². The highest BCUT2D eigenvalue weighted by atomic mass is 79.9. The van der Waals surface area contributed by atoms with Gasteiger partial charge in [0.1, 0.15) is 5.69 Å². The van der Waals surface area contributed by atoms with E-state index in [-0.39, 0.29) is 11.4 Å². The van der Waals surface area contributed by atoms with Gasteiger partial charge in [-0.2, -0.15) is 0 Å². The van der Waals surface area contributed by atoms with Crippen LogP contribution in [0.3, 0.4) is 0 Å². The van der Waals surface area contributed by atoms with Gasteiger partial charge in [-0.3, -0.25) is 4.79 Å². The van der Waals surface area contributed by atoms with Gasteiger partial charge in [-0.15, -0.1) is 11.3 Å². The molecule has 2 aromatic heterocycles. The lowest BCUT2D eigenvalue weighted by molar-refractivity contribution is 0.0687. The number of carbonyl (C=O) groups excluding carboxylic acids is 1. The lowest BCUT2D eigenvalue weighted by Crippen LogP contribution is -2.08. The molecular formula is C9H4BrClN2O3S. The number of aromatic amines is 1. The van der Waals surface area contributed by atoms with Crippen molar-refractivity contribution in [2.24, 2.45) is 0 Å². The molecule has 2 aromatic rings. The summed E-state index contributed by atoms with van der Waals surface area (Å²) in [6.45, 7) is 0. The summed E-state index contributed by atoms with van der Waals surface area (Å²) in [7, 11) is 0. The number of nitrogens with zero attached hydrogens (tertiary/aromatic N) is 1. The fourth-order valence-corrected chi connectivity index (χ4v) is 2.85. The number of carboxylic acid groups (broad SMARTS) is 1. The molecule has 2 rings (SSSR count). The van der Waals surface area contributed by atoms with Crippen LogP contribution in [-0.4, -0.2) is 26.8 Å². The Balaban J connectivity index is 2.44. The average molecular weight is 336 g/mol. The maximum absolute atomic E-state index is 12.0. The summed E-state index contributed by atoms with van der Waals surface area (Å²) in [5.74, 6) is -1.70. The third-order valence-electron chi connectivity index (χ3n) is 1.94. The molecule has 5 nitrogen and oxygen atoms in total. The second-order valence-electron chi connectivity index (χ2n) is 2.99. The number of hydrogen-bond donors (Lipinski definition) is 2. The van der Waals surface area contributed by atoms with Gasteiger partial charge in [0.25, 0.3) is 0 Å². The van der Waals surface area contributed by atoms with Crippen molar-refractivity contribution in [1.29, 1.82) is 0 Å². The van der Waals surface area contributed by atoms with E-state index in [9.17, 15) is 9.59 Å². The molecule has 2 heterocycles. The smallest absolute Gasteiger partial charge is 0.354 e. The first-order chi connectivity index (χ1) is 8.00. The highest BCUT2D eigenvalue weighted by Gasteiger charge is 2.23. The predicted molar refractivity (Wildman–Crippen MR) is 66.0 cm³/mol. The Morgan fingerprint density at radius 3 is 2.76 bits per heavy atom. The number of nitrogens with one attached hydrogen (secondary N) is 1. The van der Waals surface area contributed by atoms with Crippen LogP contribution in [0.15, 0.2) is 16.2 Å². The van der Waals surface area contributed by atoms with Crippen LogP contribution in [0.25, 0.3) is 0 Å². The number of imidazole rings is 1.